The summed E-state index contributed by atoms with van der Waals surface area (Å²) < 4.78 is 15.7. The topological polar surface area (TPSA) is 77.1 Å². The van der Waals surface area contributed by atoms with Crippen LogP contribution in [0.3, 0.4) is 0 Å². The van der Waals surface area contributed by atoms with Crippen LogP contribution in [0, 0.1) is 0 Å². The maximum absolute atomic E-state index is 12.3. The maximum atomic E-state index is 12.3. The third-order valence-corrected chi connectivity index (χ3v) is 4.66. The Bertz CT molecular complexity index is 810. The van der Waals surface area contributed by atoms with Crippen LogP contribution in [0.1, 0.15) is 24.0 Å². The lowest BCUT2D eigenvalue weighted by atomic mass is 10.1. The molecule has 162 valence electrons. The first-order chi connectivity index (χ1) is 14.5. The third kappa shape index (κ3) is 7.66. The summed E-state index contributed by atoms with van der Waals surface area (Å²) in [5, 5.41) is 2.67. The number of likely N-dealkylation sites (N-methyl/N-ethyl adjacent to an activating group) is 1. The second-order valence-corrected chi connectivity index (χ2v) is 6.85. The molecule has 0 aliphatic rings. The summed E-state index contributed by atoms with van der Waals surface area (Å²) in [7, 11) is 4.98. The minimum Gasteiger partial charge on any atom is -0.493 e. The van der Waals surface area contributed by atoms with E-state index in [-0.39, 0.29) is 12.5 Å². The molecule has 0 saturated heterocycles. The van der Waals surface area contributed by atoms with Gasteiger partial charge in [-0.15, -0.1) is 0 Å². The van der Waals surface area contributed by atoms with Gasteiger partial charge in [-0.05, 0) is 36.1 Å². The number of methoxy groups -OCH3 is 2. The zero-order chi connectivity index (χ0) is 21.8. The molecule has 2 aromatic carbocycles. The zero-order valence-corrected chi connectivity index (χ0v) is 17.8. The van der Waals surface area contributed by atoms with Crippen molar-refractivity contribution in [2.24, 2.45) is 0 Å². The number of amides is 2. The first kappa shape index (κ1) is 23.1. The Kier molecular flexibility index (Phi) is 9.51. The predicted molar refractivity (Wildman–Crippen MR) is 115 cm³/mol. The molecule has 0 radical (unpaired) electrons. The van der Waals surface area contributed by atoms with Gasteiger partial charge in [0.2, 0.25) is 5.91 Å². The lowest BCUT2D eigenvalue weighted by molar-refractivity contribution is -0.129. The number of hydrogen-bond acceptors (Lipinski definition) is 5. The molecule has 7 heteroatoms. The molecular formula is C23H30N2O5. The van der Waals surface area contributed by atoms with Crippen LogP contribution in [0.2, 0.25) is 0 Å². The summed E-state index contributed by atoms with van der Waals surface area (Å²) in [6, 6.07) is 15.2. The molecule has 0 aliphatic carbocycles. The van der Waals surface area contributed by atoms with Crippen LogP contribution in [-0.4, -0.2) is 51.3 Å². The number of alkyl carbamates (subject to hydrolysis) is 1. The van der Waals surface area contributed by atoms with E-state index in [9.17, 15) is 9.59 Å². The van der Waals surface area contributed by atoms with Gasteiger partial charge in [0.25, 0.3) is 0 Å². The van der Waals surface area contributed by atoms with Gasteiger partial charge in [-0.2, -0.15) is 0 Å². The highest BCUT2D eigenvalue weighted by Gasteiger charge is 2.10. The molecule has 30 heavy (non-hydrogen) atoms. The van der Waals surface area contributed by atoms with E-state index < -0.39 is 6.09 Å². The van der Waals surface area contributed by atoms with E-state index in [0.29, 0.717) is 43.9 Å². The van der Waals surface area contributed by atoms with E-state index in [4.69, 9.17) is 14.2 Å². The first-order valence-electron chi connectivity index (χ1n) is 9.93. The van der Waals surface area contributed by atoms with Crippen LogP contribution < -0.4 is 14.8 Å². The van der Waals surface area contributed by atoms with E-state index in [1.165, 1.54) is 0 Å². The second kappa shape index (κ2) is 12.4. The lowest BCUT2D eigenvalue weighted by Gasteiger charge is -2.18. The fourth-order valence-corrected chi connectivity index (χ4v) is 2.85. The van der Waals surface area contributed by atoms with Gasteiger partial charge in [-0.3, -0.25) is 4.79 Å². The molecule has 0 spiro atoms. The number of ether oxygens (including phenoxy) is 3. The van der Waals surface area contributed by atoms with E-state index in [1.54, 1.807) is 26.2 Å². The third-order valence-electron chi connectivity index (χ3n) is 4.66. The van der Waals surface area contributed by atoms with Crippen LogP contribution in [0.4, 0.5) is 4.79 Å². The highest BCUT2D eigenvalue weighted by Crippen LogP contribution is 2.27. The summed E-state index contributed by atoms with van der Waals surface area (Å²) in [4.78, 5) is 25.7. The van der Waals surface area contributed by atoms with Crippen LogP contribution in [0.25, 0.3) is 0 Å². The van der Waals surface area contributed by atoms with Crippen molar-refractivity contribution >= 4 is 12.0 Å². The molecule has 0 aliphatic heterocycles. The predicted octanol–water partition coefficient (Wildman–Crippen LogP) is 3.41. The Morgan fingerprint density at radius 2 is 1.70 bits per heavy atom. The summed E-state index contributed by atoms with van der Waals surface area (Å²) in [6.07, 6.45) is 1.15. The van der Waals surface area contributed by atoms with Crippen molar-refractivity contribution in [3.8, 4) is 11.5 Å². The molecular weight excluding hydrogens is 384 g/mol. The van der Waals surface area contributed by atoms with Crippen molar-refractivity contribution in [2.75, 3.05) is 34.4 Å². The fraction of sp³-hybridized carbons (Fsp3) is 0.391. The van der Waals surface area contributed by atoms with E-state index in [2.05, 4.69) is 5.32 Å². The smallest absolute Gasteiger partial charge is 0.407 e. The van der Waals surface area contributed by atoms with Gasteiger partial charge >= 0.3 is 6.09 Å². The summed E-state index contributed by atoms with van der Waals surface area (Å²) >= 11 is 0. The number of nitrogens with one attached hydrogen (secondary N) is 1. The molecule has 2 aromatic rings. The lowest BCUT2D eigenvalue weighted by Crippen LogP contribution is -2.30. The molecule has 0 atom stereocenters. The molecule has 0 saturated carbocycles. The highest BCUT2D eigenvalue weighted by atomic mass is 16.5. The Hall–Kier alpha value is -3.22. The minimum atomic E-state index is -0.479. The molecule has 1 N–H and O–H groups in total. The Balaban J connectivity index is 1.63. The number of benzene rings is 2. The monoisotopic (exact) mass is 414 g/mol. The van der Waals surface area contributed by atoms with Crippen molar-refractivity contribution < 1.29 is 23.8 Å². The van der Waals surface area contributed by atoms with Gasteiger partial charge in [0.1, 0.15) is 6.61 Å². The molecule has 2 amide bonds. The molecule has 0 fully saturated rings. The standard InChI is InChI=1S/C23H30N2O5/c1-25(15-13-18-11-12-20(28-2)21(16-18)29-3)22(26)10-7-14-24-23(27)30-17-19-8-5-4-6-9-19/h4-6,8-9,11-12,16H,7,10,13-15,17H2,1-3H3,(H,24,27). The summed E-state index contributed by atoms with van der Waals surface area (Å²) in [6.45, 7) is 1.22. The van der Waals surface area contributed by atoms with Crippen molar-refractivity contribution in [3.63, 3.8) is 0 Å². The fourth-order valence-electron chi connectivity index (χ4n) is 2.85. The van der Waals surface area contributed by atoms with Crippen LogP contribution in [0.5, 0.6) is 11.5 Å². The van der Waals surface area contributed by atoms with Gasteiger partial charge in [0.05, 0.1) is 14.2 Å². The van der Waals surface area contributed by atoms with E-state index >= 15 is 0 Å². The largest absolute Gasteiger partial charge is 0.493 e. The van der Waals surface area contributed by atoms with Crippen molar-refractivity contribution in [1.82, 2.24) is 10.2 Å². The average molecular weight is 415 g/mol. The number of nitrogens with zero attached hydrogens (tertiary/aromatic N) is 1. The quantitative estimate of drug-likeness (QED) is 0.570. The zero-order valence-electron chi connectivity index (χ0n) is 17.8. The molecule has 0 unspecified atom stereocenters. The van der Waals surface area contributed by atoms with Crippen LogP contribution in [-0.2, 0) is 22.6 Å². The van der Waals surface area contributed by atoms with E-state index in [1.807, 2.05) is 48.5 Å². The average Bonchev–Trinajstić information content (AvgIpc) is 2.79. The number of hydrogen-bond donors (Lipinski definition) is 1. The second-order valence-electron chi connectivity index (χ2n) is 6.85. The van der Waals surface area contributed by atoms with Gasteiger partial charge in [0, 0.05) is 26.6 Å². The Morgan fingerprint density at radius 1 is 0.967 bits per heavy atom. The number of carbonyl (C=O) groups excluding carboxylic acids is 2. The summed E-state index contributed by atoms with van der Waals surface area (Å²) in [5.41, 5.74) is 1.99. The Morgan fingerprint density at radius 3 is 2.40 bits per heavy atom. The van der Waals surface area contributed by atoms with Gasteiger partial charge in [-0.1, -0.05) is 36.4 Å². The maximum Gasteiger partial charge on any atom is 0.407 e. The molecule has 0 heterocycles. The molecule has 2 rings (SSSR count). The Labute approximate surface area is 177 Å². The van der Waals surface area contributed by atoms with Crippen LogP contribution >= 0.6 is 0 Å². The van der Waals surface area contributed by atoms with E-state index in [0.717, 1.165) is 11.1 Å². The number of rotatable bonds is 11. The summed E-state index contributed by atoms with van der Waals surface area (Å²) in [5.74, 6) is 1.39. The number of carbonyl (C=O) groups is 2. The molecule has 0 bridgehead atoms. The van der Waals surface area contributed by atoms with Crippen molar-refractivity contribution in [3.05, 3.63) is 59.7 Å². The van der Waals surface area contributed by atoms with Gasteiger partial charge < -0.3 is 24.4 Å². The molecule has 0 aromatic heterocycles. The normalized spacial score (nSPS) is 10.2. The molecule has 7 nitrogen and oxygen atoms in total. The minimum absolute atomic E-state index is 0.0370. The first-order valence-corrected chi connectivity index (χ1v) is 9.93. The van der Waals surface area contributed by atoms with Crippen LogP contribution in [0.15, 0.2) is 48.5 Å². The highest BCUT2D eigenvalue weighted by molar-refractivity contribution is 5.76. The van der Waals surface area contributed by atoms with Gasteiger partial charge in [-0.25, -0.2) is 4.79 Å². The SMILES string of the molecule is COc1ccc(CCN(C)C(=O)CCCNC(=O)OCc2ccccc2)cc1OC. The van der Waals surface area contributed by atoms with Crippen molar-refractivity contribution in [2.45, 2.75) is 25.9 Å². The van der Waals surface area contributed by atoms with Crippen molar-refractivity contribution in [1.29, 1.82) is 0 Å². The van der Waals surface area contributed by atoms with Gasteiger partial charge in [0.15, 0.2) is 11.5 Å².